The number of fused-ring (bicyclic) bond motifs is 1. The van der Waals surface area contributed by atoms with Gasteiger partial charge in [0.2, 0.25) is 11.8 Å². The molecule has 168 valence electrons. The van der Waals surface area contributed by atoms with E-state index in [0.717, 1.165) is 71.0 Å². The van der Waals surface area contributed by atoms with Crippen molar-refractivity contribution in [3.05, 3.63) is 0 Å². The van der Waals surface area contributed by atoms with Crippen LogP contribution in [0.3, 0.4) is 0 Å². The van der Waals surface area contributed by atoms with Gasteiger partial charge in [0.15, 0.2) is 0 Å². The van der Waals surface area contributed by atoms with Gasteiger partial charge in [0.1, 0.15) is 0 Å². The Balaban J connectivity index is 1.72. The van der Waals surface area contributed by atoms with Gasteiger partial charge in [0.25, 0.3) is 0 Å². The Kier molecular flexibility index (Phi) is 13.8. The van der Waals surface area contributed by atoms with Gasteiger partial charge in [-0.05, 0) is 42.4 Å². The molecule has 0 bridgehead atoms. The molecule has 1 saturated heterocycles. The highest BCUT2D eigenvalue weighted by Gasteiger charge is 2.53. The molecular weight excluding hydrogens is 479 g/mol. The highest BCUT2D eigenvalue weighted by molar-refractivity contribution is 8.03. The number of imide groups is 1. The zero-order chi connectivity index (χ0) is 21.1. The first-order chi connectivity index (χ1) is 14.1. The van der Waals surface area contributed by atoms with Gasteiger partial charge >= 0.3 is 0 Å². The number of carbonyl (C=O) groups excluding carboxylic acids is 2. The van der Waals surface area contributed by atoms with Crippen LogP contribution < -0.4 is 0 Å². The third-order valence-corrected chi connectivity index (χ3v) is 11.7. The van der Waals surface area contributed by atoms with E-state index in [-0.39, 0.29) is 23.7 Å². The van der Waals surface area contributed by atoms with Crippen molar-refractivity contribution in [1.29, 1.82) is 0 Å². The Morgan fingerprint density at radius 1 is 0.862 bits per heavy atom. The van der Waals surface area contributed by atoms with Gasteiger partial charge < -0.3 is 0 Å². The quantitative estimate of drug-likeness (QED) is 0.190. The number of likely N-dealkylation sites (tertiary alicyclic amines) is 1. The molecule has 0 aromatic carbocycles. The summed E-state index contributed by atoms with van der Waals surface area (Å²) >= 11 is 16.3. The zero-order valence-electron chi connectivity index (χ0n) is 17.3. The Bertz CT molecular complexity index is 509. The first-order valence-corrected chi connectivity index (χ1v) is 16.3. The van der Waals surface area contributed by atoms with Crippen molar-refractivity contribution in [3.8, 4) is 0 Å². The standard InChI is InChI=1S/C20H35NO2S6/c1-15-17(29-14-13-28-10-7-25)4-3-16-18(15)20(23)21(19(16)22)5-2-8-26-11-12-27-9-6-24/h15-18,24-25H,2-14H2,1H3. The number of carbonyl (C=O) groups is 2. The van der Waals surface area contributed by atoms with Crippen LogP contribution >= 0.6 is 72.3 Å². The summed E-state index contributed by atoms with van der Waals surface area (Å²) in [7, 11) is 0. The molecule has 0 aromatic rings. The SMILES string of the molecule is CC1C(SCCSCCS)CCC2C(=O)N(CCCSCCSCCS)C(=O)C21. The molecule has 4 unspecified atom stereocenters. The number of thiol groups is 2. The van der Waals surface area contributed by atoms with Crippen molar-refractivity contribution in [2.24, 2.45) is 17.8 Å². The molecule has 2 aliphatic rings. The van der Waals surface area contributed by atoms with E-state index in [4.69, 9.17) is 0 Å². The summed E-state index contributed by atoms with van der Waals surface area (Å²) < 4.78 is 0. The van der Waals surface area contributed by atoms with Crippen LogP contribution in [0.4, 0.5) is 0 Å². The lowest BCUT2D eigenvalue weighted by Gasteiger charge is -2.35. The van der Waals surface area contributed by atoms with Crippen molar-refractivity contribution in [1.82, 2.24) is 4.90 Å². The molecule has 9 heteroatoms. The van der Waals surface area contributed by atoms with E-state index < -0.39 is 0 Å². The molecule has 29 heavy (non-hydrogen) atoms. The number of nitrogens with zero attached hydrogens (tertiary/aromatic N) is 1. The van der Waals surface area contributed by atoms with Crippen molar-refractivity contribution >= 4 is 84.1 Å². The van der Waals surface area contributed by atoms with E-state index in [2.05, 4.69) is 32.2 Å². The number of rotatable bonds is 15. The predicted molar refractivity (Wildman–Crippen MR) is 143 cm³/mol. The second-order valence-corrected chi connectivity index (χ2v) is 13.4. The maximum atomic E-state index is 13.0. The van der Waals surface area contributed by atoms with Gasteiger partial charge in [-0.2, -0.15) is 72.3 Å². The fourth-order valence-corrected chi connectivity index (χ4v) is 8.99. The lowest BCUT2D eigenvalue weighted by molar-refractivity contribution is -0.140. The molecule has 0 N–H and O–H groups in total. The molecule has 1 aliphatic heterocycles. The fraction of sp³-hybridized carbons (Fsp3) is 0.900. The lowest BCUT2D eigenvalue weighted by atomic mass is 9.74. The molecule has 2 rings (SSSR count). The Hall–Kier alpha value is 1.24. The van der Waals surface area contributed by atoms with Crippen LogP contribution in [0.15, 0.2) is 0 Å². The Morgan fingerprint density at radius 3 is 2.14 bits per heavy atom. The van der Waals surface area contributed by atoms with Crippen molar-refractivity contribution in [3.63, 3.8) is 0 Å². The van der Waals surface area contributed by atoms with Crippen LogP contribution in [0, 0.1) is 17.8 Å². The largest absolute Gasteiger partial charge is 0.282 e. The van der Waals surface area contributed by atoms with Gasteiger partial charge in [0.05, 0.1) is 11.8 Å². The normalized spacial score (nSPS) is 26.9. The summed E-state index contributed by atoms with van der Waals surface area (Å²) in [5.41, 5.74) is 0. The fourth-order valence-electron chi connectivity index (χ4n) is 4.14. The average molecular weight is 514 g/mol. The first kappa shape index (κ1) is 26.5. The zero-order valence-corrected chi connectivity index (χ0v) is 22.3. The lowest BCUT2D eigenvalue weighted by Crippen LogP contribution is -2.37. The molecule has 3 nitrogen and oxygen atoms in total. The average Bonchev–Trinajstić information content (AvgIpc) is 2.96. The van der Waals surface area contributed by atoms with Crippen LogP contribution in [-0.4, -0.2) is 80.3 Å². The molecule has 0 spiro atoms. The summed E-state index contributed by atoms with van der Waals surface area (Å²) in [6, 6.07) is 0. The van der Waals surface area contributed by atoms with Gasteiger partial charge in [-0.25, -0.2) is 0 Å². The topological polar surface area (TPSA) is 37.4 Å². The predicted octanol–water partition coefficient (Wildman–Crippen LogP) is 4.57. The highest BCUT2D eigenvalue weighted by atomic mass is 32.2. The number of hydrogen-bond acceptors (Lipinski definition) is 8. The number of amides is 2. The second kappa shape index (κ2) is 15.1. The summed E-state index contributed by atoms with van der Waals surface area (Å²) in [6.45, 7) is 2.80. The monoisotopic (exact) mass is 513 g/mol. The molecule has 2 amide bonds. The Labute approximate surface area is 205 Å². The molecule has 0 aromatic heterocycles. The third kappa shape index (κ3) is 8.26. The van der Waals surface area contributed by atoms with Gasteiger partial charge in [-0.15, -0.1) is 0 Å². The Morgan fingerprint density at radius 2 is 1.48 bits per heavy atom. The van der Waals surface area contributed by atoms with Crippen LogP contribution in [0.2, 0.25) is 0 Å². The molecule has 4 atom stereocenters. The van der Waals surface area contributed by atoms with Gasteiger partial charge in [-0.3, -0.25) is 14.5 Å². The van der Waals surface area contributed by atoms with Crippen molar-refractivity contribution in [2.45, 2.75) is 31.4 Å². The van der Waals surface area contributed by atoms with Crippen LogP contribution in [-0.2, 0) is 9.59 Å². The minimum atomic E-state index is -0.0795. The summed E-state index contributed by atoms with van der Waals surface area (Å²) in [6.07, 6.45) is 2.86. The molecule has 1 saturated carbocycles. The van der Waals surface area contributed by atoms with Crippen LogP contribution in [0.25, 0.3) is 0 Å². The van der Waals surface area contributed by atoms with E-state index in [1.807, 2.05) is 47.0 Å². The third-order valence-electron chi connectivity index (χ3n) is 5.56. The van der Waals surface area contributed by atoms with Crippen molar-refractivity contribution < 1.29 is 9.59 Å². The second-order valence-electron chi connectivity index (χ2n) is 7.44. The maximum Gasteiger partial charge on any atom is 0.233 e. The van der Waals surface area contributed by atoms with Crippen LogP contribution in [0.1, 0.15) is 26.2 Å². The van der Waals surface area contributed by atoms with Crippen LogP contribution in [0.5, 0.6) is 0 Å². The maximum absolute atomic E-state index is 13.0. The minimum Gasteiger partial charge on any atom is -0.282 e. The van der Waals surface area contributed by atoms with E-state index >= 15 is 0 Å². The molecule has 0 radical (unpaired) electrons. The van der Waals surface area contributed by atoms with Crippen molar-refractivity contribution in [2.75, 3.05) is 58.3 Å². The summed E-state index contributed by atoms with van der Waals surface area (Å²) in [4.78, 5) is 27.5. The molecule has 2 fully saturated rings. The van der Waals surface area contributed by atoms with E-state index in [1.165, 1.54) is 0 Å². The van der Waals surface area contributed by atoms with E-state index in [9.17, 15) is 9.59 Å². The van der Waals surface area contributed by atoms with Gasteiger partial charge in [-0.1, -0.05) is 6.92 Å². The molecule has 1 heterocycles. The molecular formula is C20H35NO2S6. The number of thioether (sulfide) groups is 4. The molecule has 1 aliphatic carbocycles. The summed E-state index contributed by atoms with van der Waals surface area (Å²) in [5.74, 6) is 10.0. The van der Waals surface area contributed by atoms with E-state index in [1.54, 1.807) is 4.90 Å². The van der Waals surface area contributed by atoms with E-state index in [0.29, 0.717) is 17.7 Å². The minimum absolute atomic E-state index is 0.0572. The highest BCUT2D eigenvalue weighted by Crippen LogP contribution is 2.45. The van der Waals surface area contributed by atoms with Gasteiger partial charge in [0, 0.05) is 46.3 Å². The summed E-state index contributed by atoms with van der Waals surface area (Å²) in [5, 5.41) is 0.509. The number of hydrogen-bond donors (Lipinski definition) is 2. The first-order valence-electron chi connectivity index (χ1n) is 10.5. The smallest absolute Gasteiger partial charge is 0.233 e.